The van der Waals surface area contributed by atoms with Crippen LogP contribution in [-0.4, -0.2) is 56.2 Å². The Kier molecular flexibility index (Phi) is 5.82. The van der Waals surface area contributed by atoms with Crippen molar-refractivity contribution in [2.75, 3.05) is 34.3 Å². The molecule has 1 fully saturated rings. The van der Waals surface area contributed by atoms with Gasteiger partial charge in [0.15, 0.2) is 0 Å². The van der Waals surface area contributed by atoms with Gasteiger partial charge in [0.1, 0.15) is 11.6 Å². The first-order valence-corrected chi connectivity index (χ1v) is 7.98. The van der Waals surface area contributed by atoms with E-state index in [1.165, 1.54) is 13.2 Å². The Morgan fingerprint density at radius 1 is 1.48 bits per heavy atom. The lowest BCUT2D eigenvalue weighted by atomic mass is 10.0. The zero-order valence-electron chi connectivity index (χ0n) is 14.3. The largest absolute Gasteiger partial charge is 0.496 e. The van der Waals surface area contributed by atoms with Crippen molar-refractivity contribution in [1.82, 2.24) is 15.1 Å². The quantitative estimate of drug-likeness (QED) is 0.926. The highest BCUT2D eigenvalue weighted by molar-refractivity contribution is 5.75. The lowest BCUT2D eigenvalue weighted by Gasteiger charge is -2.36. The molecule has 1 heterocycles. The number of nitrogens with zero attached hydrogens (tertiary/aromatic N) is 2. The summed E-state index contributed by atoms with van der Waals surface area (Å²) in [6.45, 7) is 3.20. The molecule has 2 atom stereocenters. The Bertz CT molecular complexity index is 551. The molecule has 5 nitrogen and oxygen atoms in total. The number of halogens is 1. The zero-order chi connectivity index (χ0) is 17.0. The Labute approximate surface area is 137 Å². The smallest absolute Gasteiger partial charge is 0.317 e. The number of carbonyl (C=O) groups excluding carboxylic acids is 1. The normalized spacial score (nSPS) is 19.6. The third-order valence-corrected chi connectivity index (χ3v) is 4.42. The van der Waals surface area contributed by atoms with Crippen LogP contribution in [0.15, 0.2) is 18.2 Å². The maximum Gasteiger partial charge on any atom is 0.317 e. The van der Waals surface area contributed by atoms with Crippen molar-refractivity contribution in [3.05, 3.63) is 29.6 Å². The molecule has 1 aromatic rings. The summed E-state index contributed by atoms with van der Waals surface area (Å²) in [5.41, 5.74) is 0.379. The van der Waals surface area contributed by atoms with Crippen LogP contribution >= 0.6 is 0 Å². The second-order valence-corrected chi connectivity index (χ2v) is 6.23. The highest BCUT2D eigenvalue weighted by Crippen LogP contribution is 2.28. The number of methoxy groups -OCH3 is 1. The van der Waals surface area contributed by atoms with Gasteiger partial charge in [0.25, 0.3) is 0 Å². The number of benzene rings is 1. The fourth-order valence-corrected chi connectivity index (χ4v) is 3.02. The van der Waals surface area contributed by atoms with E-state index in [2.05, 4.69) is 10.2 Å². The van der Waals surface area contributed by atoms with E-state index >= 15 is 0 Å². The number of hydrogen-bond donors (Lipinski definition) is 1. The zero-order valence-corrected chi connectivity index (χ0v) is 14.3. The molecule has 1 aliphatic rings. The van der Waals surface area contributed by atoms with Crippen LogP contribution in [0.2, 0.25) is 0 Å². The predicted octanol–water partition coefficient (Wildman–Crippen LogP) is 2.63. The van der Waals surface area contributed by atoms with E-state index in [4.69, 9.17) is 4.74 Å². The third-order valence-electron chi connectivity index (χ3n) is 4.42. The Balaban J connectivity index is 2.05. The summed E-state index contributed by atoms with van der Waals surface area (Å²) in [7, 11) is 5.55. The molecule has 0 unspecified atom stereocenters. The van der Waals surface area contributed by atoms with Crippen LogP contribution in [0.1, 0.15) is 31.4 Å². The van der Waals surface area contributed by atoms with Crippen molar-refractivity contribution in [2.24, 2.45) is 0 Å². The minimum atomic E-state index is -0.460. The lowest BCUT2D eigenvalue weighted by Crippen LogP contribution is -2.51. The number of carbonyl (C=O) groups is 1. The van der Waals surface area contributed by atoms with Crippen molar-refractivity contribution >= 4 is 6.03 Å². The Morgan fingerprint density at radius 3 is 2.87 bits per heavy atom. The van der Waals surface area contributed by atoms with Crippen LogP contribution in [0.3, 0.4) is 0 Å². The van der Waals surface area contributed by atoms with E-state index in [0.29, 0.717) is 23.9 Å². The summed E-state index contributed by atoms with van der Waals surface area (Å²) < 4.78 is 19.3. The van der Waals surface area contributed by atoms with Gasteiger partial charge in [0, 0.05) is 19.1 Å². The summed E-state index contributed by atoms with van der Waals surface area (Å²) in [6.07, 6.45) is 2.07. The van der Waals surface area contributed by atoms with Crippen molar-refractivity contribution < 1.29 is 13.9 Å². The Hall–Kier alpha value is -1.82. The SMILES string of the molecule is COc1cccc(F)c1[C@@H](C)NC(=O)N1CCC[C@@H](N(C)C)C1. The molecular formula is C17H26FN3O2. The second kappa shape index (κ2) is 7.64. The molecule has 0 radical (unpaired) electrons. The highest BCUT2D eigenvalue weighted by Gasteiger charge is 2.26. The maximum absolute atomic E-state index is 14.1. The molecule has 0 aliphatic carbocycles. The van der Waals surface area contributed by atoms with Gasteiger partial charge in [-0.2, -0.15) is 0 Å². The fourth-order valence-electron chi connectivity index (χ4n) is 3.02. The molecule has 1 aromatic carbocycles. The first-order chi connectivity index (χ1) is 10.9. The number of piperidine rings is 1. The fraction of sp³-hybridized carbons (Fsp3) is 0.588. The first-order valence-electron chi connectivity index (χ1n) is 7.98. The number of likely N-dealkylation sites (tertiary alicyclic amines) is 1. The molecule has 23 heavy (non-hydrogen) atoms. The van der Waals surface area contributed by atoms with Gasteiger partial charge in [0.2, 0.25) is 0 Å². The molecule has 128 valence electrons. The van der Waals surface area contributed by atoms with Gasteiger partial charge in [-0.3, -0.25) is 0 Å². The summed E-state index contributed by atoms with van der Waals surface area (Å²) in [4.78, 5) is 16.4. The molecular weight excluding hydrogens is 297 g/mol. The molecule has 1 aliphatic heterocycles. The van der Waals surface area contributed by atoms with E-state index < -0.39 is 6.04 Å². The molecule has 0 spiro atoms. The van der Waals surface area contributed by atoms with Gasteiger partial charge in [-0.1, -0.05) is 6.07 Å². The van der Waals surface area contributed by atoms with Gasteiger partial charge in [-0.15, -0.1) is 0 Å². The number of nitrogens with one attached hydrogen (secondary N) is 1. The molecule has 1 saturated heterocycles. The molecule has 1 N–H and O–H groups in total. The number of ether oxygens (including phenoxy) is 1. The van der Waals surface area contributed by atoms with Crippen LogP contribution in [0, 0.1) is 5.82 Å². The van der Waals surface area contributed by atoms with Crippen LogP contribution in [0.25, 0.3) is 0 Å². The molecule has 0 aromatic heterocycles. The number of rotatable bonds is 4. The summed E-state index contributed by atoms with van der Waals surface area (Å²) in [6, 6.07) is 4.42. The molecule has 2 amide bonds. The number of likely N-dealkylation sites (N-methyl/N-ethyl adjacent to an activating group) is 1. The van der Waals surface area contributed by atoms with E-state index in [1.807, 2.05) is 14.1 Å². The van der Waals surface area contributed by atoms with Crippen LogP contribution in [0.5, 0.6) is 5.75 Å². The summed E-state index contributed by atoms with van der Waals surface area (Å²) in [5.74, 6) is 0.0737. The minimum Gasteiger partial charge on any atom is -0.496 e. The number of amides is 2. The molecule has 0 bridgehead atoms. The monoisotopic (exact) mass is 323 g/mol. The first kappa shape index (κ1) is 17.5. The topological polar surface area (TPSA) is 44.8 Å². The van der Waals surface area contributed by atoms with Crippen LogP contribution < -0.4 is 10.1 Å². The molecule has 0 saturated carbocycles. The number of hydrogen-bond acceptors (Lipinski definition) is 3. The van der Waals surface area contributed by atoms with Crippen molar-refractivity contribution in [3.63, 3.8) is 0 Å². The summed E-state index contributed by atoms with van der Waals surface area (Å²) in [5, 5.41) is 2.89. The van der Waals surface area contributed by atoms with Gasteiger partial charge in [0.05, 0.1) is 18.7 Å². The molecule has 6 heteroatoms. The molecule has 2 rings (SSSR count). The average molecular weight is 323 g/mol. The summed E-state index contributed by atoms with van der Waals surface area (Å²) >= 11 is 0. The third kappa shape index (κ3) is 4.13. The van der Waals surface area contributed by atoms with Crippen LogP contribution in [-0.2, 0) is 0 Å². The minimum absolute atomic E-state index is 0.158. The van der Waals surface area contributed by atoms with E-state index in [-0.39, 0.29) is 11.8 Å². The van der Waals surface area contributed by atoms with E-state index in [9.17, 15) is 9.18 Å². The van der Waals surface area contributed by atoms with Crippen molar-refractivity contribution in [3.8, 4) is 5.75 Å². The maximum atomic E-state index is 14.1. The van der Waals surface area contributed by atoms with E-state index in [1.54, 1.807) is 24.0 Å². The van der Waals surface area contributed by atoms with Crippen molar-refractivity contribution in [2.45, 2.75) is 31.8 Å². The standard InChI is InChI=1S/C17H26FN3O2/c1-12(16-14(18)8-5-9-15(16)23-4)19-17(22)21-10-6-7-13(11-21)20(2)3/h5,8-9,12-13H,6-7,10-11H2,1-4H3,(H,19,22)/t12-,13-/m1/s1. The van der Waals surface area contributed by atoms with Gasteiger partial charge in [-0.05, 0) is 46.0 Å². The van der Waals surface area contributed by atoms with Gasteiger partial charge in [-0.25, -0.2) is 9.18 Å². The predicted molar refractivity (Wildman–Crippen MR) is 88.2 cm³/mol. The second-order valence-electron chi connectivity index (χ2n) is 6.23. The number of urea groups is 1. The van der Waals surface area contributed by atoms with E-state index in [0.717, 1.165) is 19.4 Å². The lowest BCUT2D eigenvalue weighted by molar-refractivity contribution is 0.138. The Morgan fingerprint density at radius 2 is 2.22 bits per heavy atom. The van der Waals surface area contributed by atoms with Crippen molar-refractivity contribution in [1.29, 1.82) is 0 Å². The average Bonchev–Trinajstić information content (AvgIpc) is 2.54. The van der Waals surface area contributed by atoms with Crippen LogP contribution in [0.4, 0.5) is 9.18 Å². The van der Waals surface area contributed by atoms with Gasteiger partial charge >= 0.3 is 6.03 Å². The van der Waals surface area contributed by atoms with Gasteiger partial charge < -0.3 is 19.9 Å². The highest BCUT2D eigenvalue weighted by atomic mass is 19.1.